The first-order valence-electron chi connectivity index (χ1n) is 17.8. The van der Waals surface area contributed by atoms with Crippen molar-refractivity contribution in [1.29, 1.82) is 0 Å². The van der Waals surface area contributed by atoms with Gasteiger partial charge in [-0.05, 0) is 75.4 Å². The number of hydrogen-bond donors (Lipinski definition) is 1. The molecular formula is C39H51F3N4O8. The lowest BCUT2D eigenvalue weighted by molar-refractivity contribution is -0.161. The number of nitrogens with zero attached hydrogens (tertiary/aromatic N) is 4. The van der Waals surface area contributed by atoms with Crippen molar-refractivity contribution in [2.45, 2.75) is 85.4 Å². The van der Waals surface area contributed by atoms with Gasteiger partial charge >= 0.3 is 12.1 Å². The molecule has 2 heterocycles. The average Bonchev–Trinajstić information content (AvgIpc) is 3.65. The lowest BCUT2D eigenvalue weighted by atomic mass is 9.79. The summed E-state index contributed by atoms with van der Waals surface area (Å²) in [6.07, 6.45) is -1.94. The molecule has 3 aromatic rings. The summed E-state index contributed by atoms with van der Waals surface area (Å²) in [6, 6.07) is 9.02. The minimum atomic E-state index is -1.56. The van der Waals surface area contributed by atoms with Crippen LogP contribution in [-0.2, 0) is 30.3 Å². The zero-order valence-electron chi connectivity index (χ0n) is 32.1. The molecule has 54 heavy (non-hydrogen) atoms. The second-order valence-electron chi connectivity index (χ2n) is 15.2. The number of ether oxygens (including phenoxy) is 4. The van der Waals surface area contributed by atoms with Gasteiger partial charge in [-0.3, -0.25) is 9.59 Å². The fourth-order valence-corrected chi connectivity index (χ4v) is 6.58. The Labute approximate surface area is 314 Å². The van der Waals surface area contributed by atoms with Crippen molar-refractivity contribution in [1.82, 2.24) is 19.4 Å². The second-order valence-corrected chi connectivity index (χ2v) is 15.2. The van der Waals surface area contributed by atoms with E-state index in [0.717, 1.165) is 25.1 Å². The van der Waals surface area contributed by atoms with Gasteiger partial charge < -0.3 is 38.4 Å². The lowest BCUT2D eigenvalue weighted by Gasteiger charge is -2.43. The van der Waals surface area contributed by atoms with E-state index < -0.39 is 64.9 Å². The summed E-state index contributed by atoms with van der Waals surface area (Å²) in [5, 5.41) is 10.3. The Kier molecular flexibility index (Phi) is 13.8. The average molecular weight is 761 g/mol. The van der Waals surface area contributed by atoms with E-state index in [4.69, 9.17) is 23.9 Å². The SMILES string of the molecule is COCOc1cccc(Cn2cc(-c3cc(F)ccc3F)nc2C(N(CC2CN(C(=O)OC(C)(C)C)CC2F)C(=O)C(C)OC(C)=O)C(C)(C)CCO)c1. The Bertz CT molecular complexity index is 1780. The Morgan fingerprint density at radius 1 is 1.07 bits per heavy atom. The zero-order chi connectivity index (χ0) is 40.0. The number of hydrogen-bond acceptors (Lipinski definition) is 9. The maximum atomic E-state index is 15.9. The number of amides is 2. The number of imidazole rings is 1. The number of likely N-dealkylation sites (tertiary alicyclic amines) is 1. The fraction of sp³-hybridized carbons (Fsp3) is 0.538. The molecule has 1 fully saturated rings. The lowest BCUT2D eigenvalue weighted by Crippen LogP contribution is -2.50. The van der Waals surface area contributed by atoms with Crippen molar-refractivity contribution in [3.63, 3.8) is 0 Å². The number of halogens is 3. The molecule has 1 N–H and O–H groups in total. The summed E-state index contributed by atoms with van der Waals surface area (Å²) in [6.45, 7) is 10.4. The summed E-state index contributed by atoms with van der Waals surface area (Å²) >= 11 is 0. The highest BCUT2D eigenvalue weighted by molar-refractivity contribution is 5.83. The van der Waals surface area contributed by atoms with Gasteiger partial charge in [-0.25, -0.2) is 22.9 Å². The van der Waals surface area contributed by atoms with Crippen molar-refractivity contribution in [3.8, 4) is 17.0 Å². The third-order valence-electron chi connectivity index (χ3n) is 9.08. The molecule has 1 aliphatic heterocycles. The number of alkyl halides is 1. The van der Waals surface area contributed by atoms with Crippen LogP contribution in [0.2, 0.25) is 0 Å². The van der Waals surface area contributed by atoms with E-state index in [1.54, 1.807) is 57.4 Å². The number of carbonyl (C=O) groups is 3. The Balaban J connectivity index is 1.91. The largest absolute Gasteiger partial charge is 0.468 e. The third-order valence-corrected chi connectivity index (χ3v) is 9.08. The Morgan fingerprint density at radius 3 is 2.44 bits per heavy atom. The van der Waals surface area contributed by atoms with Crippen LogP contribution < -0.4 is 4.74 Å². The molecular weight excluding hydrogens is 709 g/mol. The first kappa shape index (κ1) is 42.1. The number of methoxy groups -OCH3 is 1. The molecule has 0 aliphatic carbocycles. The number of aliphatic hydroxyl groups is 1. The van der Waals surface area contributed by atoms with Crippen molar-refractivity contribution in [3.05, 3.63) is 71.7 Å². The topological polar surface area (TPSA) is 133 Å². The molecule has 2 aromatic carbocycles. The molecule has 1 aliphatic rings. The van der Waals surface area contributed by atoms with E-state index in [1.165, 1.54) is 30.0 Å². The molecule has 4 atom stereocenters. The van der Waals surface area contributed by atoms with Gasteiger partial charge in [0, 0.05) is 58.0 Å². The van der Waals surface area contributed by atoms with Crippen LogP contribution in [-0.4, -0.2) is 100 Å². The molecule has 0 saturated carbocycles. The molecule has 0 bridgehead atoms. The van der Waals surface area contributed by atoms with Gasteiger partial charge in [0.15, 0.2) is 12.9 Å². The number of aromatic nitrogens is 2. The normalized spacial score (nSPS) is 17.2. The molecule has 4 unspecified atom stereocenters. The highest BCUT2D eigenvalue weighted by atomic mass is 19.1. The van der Waals surface area contributed by atoms with Gasteiger partial charge in [0.25, 0.3) is 5.91 Å². The highest BCUT2D eigenvalue weighted by Crippen LogP contribution is 2.43. The summed E-state index contributed by atoms with van der Waals surface area (Å²) in [4.78, 5) is 47.0. The van der Waals surface area contributed by atoms with Crippen molar-refractivity contribution >= 4 is 18.0 Å². The van der Waals surface area contributed by atoms with Crippen LogP contribution in [0.15, 0.2) is 48.7 Å². The van der Waals surface area contributed by atoms with Crippen LogP contribution in [0, 0.1) is 23.0 Å². The number of rotatable bonds is 15. The monoisotopic (exact) mass is 760 g/mol. The van der Waals surface area contributed by atoms with E-state index in [1.807, 2.05) is 6.07 Å². The molecule has 12 nitrogen and oxygen atoms in total. The van der Waals surface area contributed by atoms with Gasteiger partial charge in [-0.1, -0.05) is 26.0 Å². The molecule has 4 rings (SSSR count). The maximum absolute atomic E-state index is 15.9. The van der Waals surface area contributed by atoms with Gasteiger partial charge in [0.1, 0.15) is 35.0 Å². The van der Waals surface area contributed by atoms with Crippen LogP contribution in [0.25, 0.3) is 11.3 Å². The summed E-state index contributed by atoms with van der Waals surface area (Å²) in [5.74, 6) is -3.04. The molecule has 2 amide bonds. The predicted octanol–water partition coefficient (Wildman–Crippen LogP) is 6.29. The van der Waals surface area contributed by atoms with E-state index in [0.29, 0.717) is 11.3 Å². The minimum Gasteiger partial charge on any atom is -0.468 e. The van der Waals surface area contributed by atoms with Gasteiger partial charge in [-0.15, -0.1) is 0 Å². The van der Waals surface area contributed by atoms with Crippen molar-refractivity contribution in [2.75, 3.05) is 40.1 Å². The van der Waals surface area contributed by atoms with E-state index in [-0.39, 0.29) is 63.1 Å². The van der Waals surface area contributed by atoms with E-state index >= 15 is 8.78 Å². The number of carbonyl (C=O) groups excluding carboxylic acids is 3. The zero-order valence-corrected chi connectivity index (χ0v) is 32.1. The van der Waals surface area contributed by atoms with Crippen LogP contribution in [0.1, 0.15) is 72.3 Å². The second kappa shape index (κ2) is 17.7. The van der Waals surface area contributed by atoms with Gasteiger partial charge in [0.2, 0.25) is 0 Å². The maximum Gasteiger partial charge on any atom is 0.410 e. The van der Waals surface area contributed by atoms with Gasteiger partial charge in [-0.2, -0.15) is 0 Å². The quantitative estimate of drug-likeness (QED) is 0.140. The van der Waals surface area contributed by atoms with E-state index in [2.05, 4.69) is 0 Å². The molecule has 0 spiro atoms. The van der Waals surface area contributed by atoms with Crippen molar-refractivity contribution < 1.29 is 51.6 Å². The van der Waals surface area contributed by atoms with Crippen molar-refractivity contribution in [2.24, 2.45) is 11.3 Å². The molecule has 15 heteroatoms. The number of aliphatic hydroxyl groups excluding tert-OH is 1. The predicted molar refractivity (Wildman–Crippen MR) is 193 cm³/mol. The minimum absolute atomic E-state index is 0.000123. The first-order valence-corrected chi connectivity index (χ1v) is 17.8. The summed E-state index contributed by atoms with van der Waals surface area (Å²) in [7, 11) is 1.49. The number of benzene rings is 2. The third kappa shape index (κ3) is 10.7. The van der Waals surface area contributed by atoms with E-state index in [9.17, 15) is 23.9 Å². The van der Waals surface area contributed by atoms with Crippen LogP contribution >= 0.6 is 0 Å². The molecule has 296 valence electrons. The van der Waals surface area contributed by atoms with Crippen LogP contribution in [0.5, 0.6) is 5.75 Å². The highest BCUT2D eigenvalue weighted by Gasteiger charge is 2.46. The molecule has 1 saturated heterocycles. The standard InChI is InChI=1S/C39H51F3N4O8/c1-24(53-25(2)48)36(49)46(20-27-19-45(21-32(27)42)37(50)54-38(3,4)5)34(39(6,7)14-15-47)35-43-33(30-17-28(40)12-13-31(30)41)22-44(35)18-26-10-9-11-29(16-26)52-23-51-8/h9-13,16-17,22,24,27,32,34,47H,14-15,18-21,23H2,1-8H3. The molecule has 1 aromatic heterocycles. The Hall–Kier alpha value is -4.63. The fourth-order valence-electron chi connectivity index (χ4n) is 6.58. The first-order chi connectivity index (χ1) is 25.3. The number of esters is 1. The van der Waals surface area contributed by atoms with Crippen LogP contribution in [0.4, 0.5) is 18.0 Å². The molecule has 0 radical (unpaired) electrons. The van der Waals surface area contributed by atoms with Gasteiger partial charge in [0.05, 0.1) is 18.3 Å². The smallest absolute Gasteiger partial charge is 0.410 e. The summed E-state index contributed by atoms with van der Waals surface area (Å²) in [5.41, 5.74) is -1.21. The Morgan fingerprint density at radius 2 is 1.80 bits per heavy atom. The van der Waals surface area contributed by atoms with Crippen LogP contribution in [0.3, 0.4) is 0 Å². The summed E-state index contributed by atoms with van der Waals surface area (Å²) < 4.78 is 69.0.